The van der Waals surface area contributed by atoms with Crippen LogP contribution in [0.15, 0.2) is 24.3 Å². The minimum absolute atomic E-state index is 0.155. The summed E-state index contributed by atoms with van der Waals surface area (Å²) >= 11 is 0. The number of carboxylic acid groups (broad SMARTS) is 1. The molecule has 104 valence electrons. The first kappa shape index (κ1) is 12.8. The maximum atomic E-state index is 11.6. The number of rotatable bonds is 4. The lowest BCUT2D eigenvalue weighted by atomic mass is 9.95. The second-order valence-electron chi connectivity index (χ2n) is 5.59. The Bertz CT molecular complexity index is 682. The van der Waals surface area contributed by atoms with Gasteiger partial charge in [-0.1, -0.05) is 24.3 Å². The van der Waals surface area contributed by atoms with E-state index < -0.39 is 11.5 Å². The number of carbonyl (C=O) groups is 1. The molecule has 1 atom stereocenters. The number of benzene rings is 1. The molecule has 1 aromatic carbocycles. The Morgan fingerprint density at radius 3 is 2.55 bits per heavy atom. The molecule has 1 aromatic heterocycles. The molecule has 2 N–H and O–H groups in total. The predicted molar refractivity (Wildman–Crippen MR) is 76.7 cm³/mol. The third kappa shape index (κ3) is 1.99. The highest BCUT2D eigenvalue weighted by Gasteiger charge is 2.48. The number of carboxylic acids is 1. The van der Waals surface area contributed by atoms with E-state index in [2.05, 4.69) is 15.5 Å². The van der Waals surface area contributed by atoms with Gasteiger partial charge in [-0.3, -0.25) is 0 Å². The zero-order valence-electron chi connectivity index (χ0n) is 11.6. The molecule has 1 aliphatic rings. The van der Waals surface area contributed by atoms with Crippen molar-refractivity contribution >= 4 is 22.6 Å². The SMILES string of the molecule is Cc1nnc(NC(C)(C(=O)O)C2CC2)c2ccccc12. The number of hydrogen-bond acceptors (Lipinski definition) is 4. The van der Waals surface area contributed by atoms with Gasteiger partial charge < -0.3 is 10.4 Å². The fraction of sp³-hybridized carbons (Fsp3) is 0.400. The number of aliphatic carboxylic acids is 1. The Morgan fingerprint density at radius 2 is 1.95 bits per heavy atom. The van der Waals surface area contributed by atoms with E-state index in [4.69, 9.17) is 0 Å². The van der Waals surface area contributed by atoms with Gasteiger partial charge in [0.05, 0.1) is 5.69 Å². The van der Waals surface area contributed by atoms with Gasteiger partial charge >= 0.3 is 5.97 Å². The lowest BCUT2D eigenvalue weighted by molar-refractivity contribution is -0.142. The van der Waals surface area contributed by atoms with Crippen LogP contribution in [0.2, 0.25) is 0 Å². The molecule has 0 spiro atoms. The fourth-order valence-electron chi connectivity index (χ4n) is 2.57. The molecule has 1 unspecified atom stereocenters. The van der Waals surface area contributed by atoms with Crippen LogP contribution in [0.1, 0.15) is 25.5 Å². The van der Waals surface area contributed by atoms with Crippen molar-refractivity contribution in [3.63, 3.8) is 0 Å². The van der Waals surface area contributed by atoms with Crippen LogP contribution in [0.4, 0.5) is 5.82 Å². The molecular weight excluding hydrogens is 254 g/mol. The quantitative estimate of drug-likeness (QED) is 0.894. The Labute approximate surface area is 117 Å². The van der Waals surface area contributed by atoms with Crippen molar-refractivity contribution in [3.8, 4) is 0 Å². The van der Waals surface area contributed by atoms with Gasteiger partial charge in [0.15, 0.2) is 5.82 Å². The van der Waals surface area contributed by atoms with Crippen molar-refractivity contribution in [2.45, 2.75) is 32.2 Å². The average Bonchev–Trinajstić information content (AvgIpc) is 3.27. The van der Waals surface area contributed by atoms with Crippen molar-refractivity contribution in [3.05, 3.63) is 30.0 Å². The predicted octanol–water partition coefficient (Wildman–Crippen LogP) is 2.60. The number of hydrogen-bond donors (Lipinski definition) is 2. The summed E-state index contributed by atoms with van der Waals surface area (Å²) in [7, 11) is 0. The zero-order valence-corrected chi connectivity index (χ0v) is 11.6. The van der Waals surface area contributed by atoms with Crippen LogP contribution < -0.4 is 5.32 Å². The second-order valence-corrected chi connectivity index (χ2v) is 5.59. The third-order valence-corrected chi connectivity index (χ3v) is 4.09. The van der Waals surface area contributed by atoms with Gasteiger partial charge in [0.2, 0.25) is 0 Å². The first-order valence-electron chi connectivity index (χ1n) is 6.76. The Kier molecular flexibility index (Phi) is 2.85. The van der Waals surface area contributed by atoms with Gasteiger partial charge in [-0.25, -0.2) is 4.79 Å². The van der Waals surface area contributed by atoms with Gasteiger partial charge in [0.1, 0.15) is 5.54 Å². The maximum Gasteiger partial charge on any atom is 0.329 e. The molecule has 0 aliphatic heterocycles. The van der Waals surface area contributed by atoms with Crippen LogP contribution in [0.3, 0.4) is 0 Å². The summed E-state index contributed by atoms with van der Waals surface area (Å²) in [5.74, 6) is -0.142. The largest absolute Gasteiger partial charge is 0.480 e. The molecule has 0 amide bonds. The van der Waals surface area contributed by atoms with Gasteiger partial charge in [0.25, 0.3) is 0 Å². The summed E-state index contributed by atoms with van der Waals surface area (Å²) in [6.45, 7) is 3.62. The number of nitrogens with one attached hydrogen (secondary N) is 1. The van der Waals surface area contributed by atoms with Crippen LogP contribution >= 0.6 is 0 Å². The van der Waals surface area contributed by atoms with E-state index in [1.165, 1.54) is 0 Å². The van der Waals surface area contributed by atoms with E-state index in [-0.39, 0.29) is 5.92 Å². The topological polar surface area (TPSA) is 75.1 Å². The molecule has 1 heterocycles. The molecular formula is C15H17N3O2. The van der Waals surface area contributed by atoms with Crippen molar-refractivity contribution < 1.29 is 9.90 Å². The molecule has 5 nitrogen and oxygen atoms in total. The number of fused-ring (bicyclic) bond motifs is 1. The summed E-state index contributed by atoms with van der Waals surface area (Å²) < 4.78 is 0. The maximum absolute atomic E-state index is 11.6. The van der Waals surface area contributed by atoms with Gasteiger partial charge in [-0.15, -0.1) is 5.10 Å². The Hall–Kier alpha value is -2.17. The first-order valence-corrected chi connectivity index (χ1v) is 6.76. The Balaban J connectivity index is 2.07. The summed E-state index contributed by atoms with van der Waals surface area (Å²) in [6.07, 6.45) is 1.88. The van der Waals surface area contributed by atoms with Crippen molar-refractivity contribution in [2.24, 2.45) is 5.92 Å². The minimum atomic E-state index is -0.979. The second kappa shape index (κ2) is 4.44. The molecule has 0 radical (unpaired) electrons. The van der Waals surface area contributed by atoms with E-state index in [9.17, 15) is 9.90 Å². The minimum Gasteiger partial charge on any atom is -0.480 e. The third-order valence-electron chi connectivity index (χ3n) is 4.09. The van der Waals surface area contributed by atoms with Crippen molar-refractivity contribution in [1.82, 2.24) is 10.2 Å². The van der Waals surface area contributed by atoms with E-state index in [0.29, 0.717) is 5.82 Å². The van der Waals surface area contributed by atoms with E-state index in [0.717, 1.165) is 29.3 Å². The van der Waals surface area contributed by atoms with Crippen LogP contribution in [-0.4, -0.2) is 26.8 Å². The molecule has 2 aromatic rings. The van der Waals surface area contributed by atoms with E-state index in [1.807, 2.05) is 31.2 Å². The van der Waals surface area contributed by atoms with Gasteiger partial charge in [-0.05, 0) is 32.6 Å². The normalized spacial score (nSPS) is 17.7. The molecule has 0 bridgehead atoms. The number of aromatic nitrogens is 2. The monoisotopic (exact) mass is 271 g/mol. The van der Waals surface area contributed by atoms with Crippen molar-refractivity contribution in [1.29, 1.82) is 0 Å². The molecule has 1 fully saturated rings. The molecule has 5 heteroatoms. The van der Waals surface area contributed by atoms with E-state index >= 15 is 0 Å². The highest BCUT2D eigenvalue weighted by molar-refractivity contribution is 5.95. The first-order chi connectivity index (χ1) is 9.52. The lowest BCUT2D eigenvalue weighted by Gasteiger charge is -2.27. The highest BCUT2D eigenvalue weighted by atomic mass is 16.4. The number of anilines is 1. The number of nitrogens with zero attached hydrogens (tertiary/aromatic N) is 2. The average molecular weight is 271 g/mol. The van der Waals surface area contributed by atoms with Crippen LogP contribution in [-0.2, 0) is 4.79 Å². The smallest absolute Gasteiger partial charge is 0.329 e. The standard InChI is InChI=1S/C15H17N3O2/c1-9-11-5-3-4-6-12(11)13(18-17-9)16-15(2,14(19)20)10-7-8-10/h3-6,10H,7-8H2,1-2H3,(H,16,18)(H,19,20). The summed E-state index contributed by atoms with van der Waals surface area (Å²) in [5, 5.41) is 22.8. The van der Waals surface area contributed by atoms with E-state index in [1.54, 1.807) is 6.92 Å². The van der Waals surface area contributed by atoms with Crippen LogP contribution in [0.5, 0.6) is 0 Å². The van der Waals surface area contributed by atoms with Crippen LogP contribution in [0.25, 0.3) is 10.8 Å². The summed E-state index contributed by atoms with van der Waals surface area (Å²) in [6, 6.07) is 7.77. The van der Waals surface area contributed by atoms with Crippen LogP contribution in [0, 0.1) is 12.8 Å². The van der Waals surface area contributed by atoms with Gasteiger partial charge in [-0.2, -0.15) is 5.10 Å². The Morgan fingerprint density at radius 1 is 1.30 bits per heavy atom. The summed E-state index contributed by atoms with van der Waals surface area (Å²) in [5.41, 5.74) is -0.137. The molecule has 1 aliphatic carbocycles. The highest BCUT2D eigenvalue weighted by Crippen LogP contribution is 2.42. The molecule has 3 rings (SSSR count). The van der Waals surface area contributed by atoms with Crippen molar-refractivity contribution in [2.75, 3.05) is 5.32 Å². The fourth-order valence-corrected chi connectivity index (χ4v) is 2.57. The number of aryl methyl sites for hydroxylation is 1. The molecule has 1 saturated carbocycles. The van der Waals surface area contributed by atoms with Gasteiger partial charge in [0, 0.05) is 10.8 Å². The lowest BCUT2D eigenvalue weighted by Crippen LogP contribution is -2.45. The molecule has 0 saturated heterocycles. The zero-order chi connectivity index (χ0) is 14.3. The summed E-state index contributed by atoms with van der Waals surface area (Å²) in [4.78, 5) is 11.6. The molecule has 20 heavy (non-hydrogen) atoms.